The molecule has 0 spiro atoms. The van der Waals surface area contributed by atoms with E-state index < -0.39 is 0 Å². The molecule has 0 saturated carbocycles. The van der Waals surface area contributed by atoms with Crippen molar-refractivity contribution < 1.29 is 0 Å². The van der Waals surface area contributed by atoms with Crippen molar-refractivity contribution in [3.63, 3.8) is 0 Å². The van der Waals surface area contributed by atoms with Gasteiger partial charge >= 0.3 is 0 Å². The van der Waals surface area contributed by atoms with E-state index in [1.807, 2.05) is 25.1 Å². The van der Waals surface area contributed by atoms with E-state index in [0.717, 1.165) is 12.8 Å². The van der Waals surface area contributed by atoms with Gasteiger partial charge in [-0.15, -0.1) is 0 Å². The van der Waals surface area contributed by atoms with E-state index in [9.17, 15) is 0 Å². The summed E-state index contributed by atoms with van der Waals surface area (Å²) in [6, 6.07) is 10.6. The fourth-order valence-corrected chi connectivity index (χ4v) is 1.14. The van der Waals surface area contributed by atoms with Gasteiger partial charge in [0.1, 0.15) is 0 Å². The summed E-state index contributed by atoms with van der Waals surface area (Å²) >= 11 is 0. The Morgan fingerprint density at radius 3 is 2.62 bits per heavy atom. The molecule has 0 aromatic heterocycles. The summed E-state index contributed by atoms with van der Waals surface area (Å²) in [5.74, 6) is 0. The maximum Gasteiger partial charge on any atom is 0.00134 e. The molecule has 1 nitrogen and oxygen atoms in total. The predicted molar refractivity (Wildman–Crippen MR) is 58.4 cm³/mol. The van der Waals surface area contributed by atoms with Gasteiger partial charge in [0.2, 0.25) is 0 Å². The summed E-state index contributed by atoms with van der Waals surface area (Å²) in [5.41, 5.74) is 6.89. The molecule has 0 radical (unpaired) electrons. The van der Waals surface area contributed by atoms with Gasteiger partial charge < -0.3 is 5.73 Å². The molecule has 1 aromatic rings. The monoisotopic (exact) mass is 175 g/mol. The van der Waals surface area contributed by atoms with Crippen molar-refractivity contribution in [2.45, 2.75) is 25.8 Å². The molecular weight excluding hydrogens is 158 g/mol. The zero-order valence-corrected chi connectivity index (χ0v) is 8.11. The van der Waals surface area contributed by atoms with Crippen LogP contribution < -0.4 is 5.73 Å². The molecule has 2 N–H and O–H groups in total. The van der Waals surface area contributed by atoms with Crippen molar-refractivity contribution in [2.75, 3.05) is 0 Å². The second kappa shape index (κ2) is 5.55. The Morgan fingerprint density at radius 1 is 1.31 bits per heavy atom. The Kier molecular flexibility index (Phi) is 4.27. The molecule has 1 aromatic carbocycles. The van der Waals surface area contributed by atoms with Gasteiger partial charge in [0.25, 0.3) is 0 Å². The molecule has 70 valence electrons. The number of benzene rings is 1. The number of nitrogens with two attached hydrogens (primary N) is 1. The standard InChI is InChI=1S/C12H17N/c1-11(13)7-5-6-10-12-8-3-2-4-9-12/h2-4,6,8-11H,5,7,13H2,1H3/b10-6+. The number of rotatable bonds is 4. The first kappa shape index (κ1) is 10.0. The maximum atomic E-state index is 5.64. The van der Waals surface area contributed by atoms with Gasteiger partial charge in [0, 0.05) is 6.04 Å². The molecule has 1 atom stereocenters. The lowest BCUT2D eigenvalue weighted by Crippen LogP contribution is -2.13. The molecule has 0 aliphatic heterocycles. The van der Waals surface area contributed by atoms with E-state index in [2.05, 4.69) is 24.3 Å². The minimum atomic E-state index is 0.306. The van der Waals surface area contributed by atoms with Gasteiger partial charge in [0.15, 0.2) is 0 Å². The molecule has 0 fully saturated rings. The van der Waals surface area contributed by atoms with Crippen LogP contribution in [0.3, 0.4) is 0 Å². The topological polar surface area (TPSA) is 26.0 Å². The Morgan fingerprint density at radius 2 is 2.00 bits per heavy atom. The largest absolute Gasteiger partial charge is 0.328 e. The van der Waals surface area contributed by atoms with Crippen LogP contribution in [0.4, 0.5) is 0 Å². The fourth-order valence-electron chi connectivity index (χ4n) is 1.14. The summed E-state index contributed by atoms with van der Waals surface area (Å²) in [5, 5.41) is 0. The van der Waals surface area contributed by atoms with Crippen molar-refractivity contribution in [1.29, 1.82) is 0 Å². The zero-order valence-electron chi connectivity index (χ0n) is 8.11. The summed E-state index contributed by atoms with van der Waals surface area (Å²) < 4.78 is 0. The third-order valence-corrected chi connectivity index (χ3v) is 1.90. The van der Waals surface area contributed by atoms with Crippen molar-refractivity contribution in [1.82, 2.24) is 0 Å². The Hall–Kier alpha value is -1.08. The Balaban J connectivity index is 2.33. The summed E-state index contributed by atoms with van der Waals surface area (Å²) in [6.07, 6.45) is 6.44. The van der Waals surface area contributed by atoms with Crippen molar-refractivity contribution >= 4 is 6.08 Å². The number of allylic oxidation sites excluding steroid dienone is 1. The predicted octanol–water partition coefficient (Wildman–Crippen LogP) is 2.83. The molecule has 1 rings (SSSR count). The van der Waals surface area contributed by atoms with Crippen LogP contribution >= 0.6 is 0 Å². The molecule has 13 heavy (non-hydrogen) atoms. The second-order valence-corrected chi connectivity index (χ2v) is 3.37. The highest BCUT2D eigenvalue weighted by Crippen LogP contribution is 2.03. The van der Waals surface area contributed by atoms with Gasteiger partial charge in [0.05, 0.1) is 0 Å². The summed E-state index contributed by atoms with van der Waals surface area (Å²) in [6.45, 7) is 2.04. The third kappa shape index (κ3) is 4.48. The highest BCUT2D eigenvalue weighted by atomic mass is 14.6. The molecule has 0 aliphatic rings. The van der Waals surface area contributed by atoms with Crippen LogP contribution in [-0.2, 0) is 0 Å². The molecule has 1 heteroatoms. The number of hydrogen-bond donors (Lipinski definition) is 1. The van der Waals surface area contributed by atoms with Gasteiger partial charge in [-0.1, -0.05) is 42.5 Å². The van der Waals surface area contributed by atoms with Crippen LogP contribution in [0.5, 0.6) is 0 Å². The lowest BCUT2D eigenvalue weighted by atomic mass is 10.1. The highest BCUT2D eigenvalue weighted by molar-refractivity contribution is 5.48. The first-order valence-corrected chi connectivity index (χ1v) is 4.76. The average Bonchev–Trinajstić information content (AvgIpc) is 2.14. The Bertz CT molecular complexity index is 249. The first-order valence-electron chi connectivity index (χ1n) is 4.76. The summed E-state index contributed by atoms with van der Waals surface area (Å²) in [4.78, 5) is 0. The van der Waals surface area contributed by atoms with Gasteiger partial charge in [-0.25, -0.2) is 0 Å². The van der Waals surface area contributed by atoms with Crippen LogP contribution in [0.15, 0.2) is 36.4 Å². The molecule has 0 amide bonds. The lowest BCUT2D eigenvalue weighted by Gasteiger charge is -1.99. The van der Waals surface area contributed by atoms with E-state index >= 15 is 0 Å². The van der Waals surface area contributed by atoms with Crippen LogP contribution in [0.1, 0.15) is 25.3 Å². The molecular formula is C12H17N. The first-order chi connectivity index (χ1) is 6.29. The van der Waals surface area contributed by atoms with Gasteiger partial charge in [-0.05, 0) is 25.3 Å². The van der Waals surface area contributed by atoms with E-state index in [1.165, 1.54) is 5.56 Å². The van der Waals surface area contributed by atoms with Gasteiger partial charge in [-0.3, -0.25) is 0 Å². The minimum absolute atomic E-state index is 0.306. The summed E-state index contributed by atoms with van der Waals surface area (Å²) in [7, 11) is 0. The fraction of sp³-hybridized carbons (Fsp3) is 0.333. The molecule has 0 heterocycles. The van der Waals surface area contributed by atoms with Crippen molar-refractivity contribution in [3.8, 4) is 0 Å². The normalized spacial score (nSPS) is 13.4. The van der Waals surface area contributed by atoms with Crippen molar-refractivity contribution in [2.24, 2.45) is 5.73 Å². The highest BCUT2D eigenvalue weighted by Gasteiger charge is 1.89. The minimum Gasteiger partial charge on any atom is -0.328 e. The SMILES string of the molecule is CC(N)CC/C=C/c1ccccc1. The smallest absolute Gasteiger partial charge is 0.00134 e. The molecule has 1 unspecified atom stereocenters. The molecule has 0 aliphatic carbocycles. The Labute approximate surface area is 80.3 Å². The van der Waals surface area contributed by atoms with Crippen LogP contribution in [0.2, 0.25) is 0 Å². The van der Waals surface area contributed by atoms with Crippen LogP contribution in [0, 0.1) is 0 Å². The van der Waals surface area contributed by atoms with E-state index in [1.54, 1.807) is 0 Å². The second-order valence-electron chi connectivity index (χ2n) is 3.37. The maximum absolute atomic E-state index is 5.64. The third-order valence-electron chi connectivity index (χ3n) is 1.90. The molecule has 0 saturated heterocycles. The van der Waals surface area contributed by atoms with E-state index in [0.29, 0.717) is 6.04 Å². The van der Waals surface area contributed by atoms with E-state index in [-0.39, 0.29) is 0 Å². The van der Waals surface area contributed by atoms with Crippen LogP contribution in [-0.4, -0.2) is 6.04 Å². The lowest BCUT2D eigenvalue weighted by molar-refractivity contribution is 0.677. The average molecular weight is 175 g/mol. The quantitative estimate of drug-likeness (QED) is 0.748. The van der Waals surface area contributed by atoms with E-state index in [4.69, 9.17) is 5.73 Å². The molecule has 0 bridgehead atoms. The van der Waals surface area contributed by atoms with Crippen molar-refractivity contribution in [3.05, 3.63) is 42.0 Å². The van der Waals surface area contributed by atoms with Gasteiger partial charge in [-0.2, -0.15) is 0 Å². The van der Waals surface area contributed by atoms with Crippen LogP contribution in [0.25, 0.3) is 6.08 Å². The zero-order chi connectivity index (χ0) is 9.52. The number of hydrogen-bond acceptors (Lipinski definition) is 1.